The molecule has 1 heterocycles. The Morgan fingerprint density at radius 1 is 0.952 bits per heavy atom. The minimum absolute atomic E-state index is 0.747. The molecule has 0 aliphatic heterocycles. The first-order valence-electron chi connectivity index (χ1n) is 6.84. The van der Waals surface area contributed by atoms with E-state index in [1.54, 1.807) is 13.8 Å². The van der Waals surface area contributed by atoms with Crippen LogP contribution >= 0.6 is 0 Å². The fourth-order valence-corrected chi connectivity index (χ4v) is 2.33. The molecule has 0 saturated heterocycles. The van der Waals surface area contributed by atoms with Gasteiger partial charge in [-0.25, -0.2) is 4.98 Å². The third kappa shape index (κ3) is 2.71. The second-order valence-electron chi connectivity index (χ2n) is 5.52. The second-order valence-corrected chi connectivity index (χ2v) is 5.52. The van der Waals surface area contributed by atoms with Crippen molar-refractivity contribution in [3.63, 3.8) is 0 Å². The number of aromatic nitrogens is 3. The Hall–Kier alpha value is -2.46. The van der Waals surface area contributed by atoms with Crippen LogP contribution in [0, 0.1) is 0 Å². The topological polar surface area (TPSA) is 61.8 Å². The molecule has 0 radical (unpaired) electrons. The maximum Gasteiger partial charge on any atom is 0.156 e. The standard InChI is InChI=1S/C17H17N3O/c1-17(2,21)13-9-7-12(8-10-13)14-5-3-4-6-15(14)16-18-11-19-20-16/h3-11,21H,1-2H3,(H,18,19,20). The molecule has 0 aliphatic carbocycles. The molecule has 0 amide bonds. The highest BCUT2D eigenvalue weighted by Crippen LogP contribution is 2.31. The Kier molecular flexibility index (Phi) is 3.31. The van der Waals surface area contributed by atoms with Gasteiger partial charge in [-0.15, -0.1) is 0 Å². The molecular weight excluding hydrogens is 262 g/mol. The number of aliphatic hydroxyl groups is 1. The van der Waals surface area contributed by atoms with E-state index in [4.69, 9.17) is 0 Å². The highest BCUT2D eigenvalue weighted by atomic mass is 16.3. The van der Waals surface area contributed by atoms with E-state index in [0.29, 0.717) is 0 Å². The predicted molar refractivity (Wildman–Crippen MR) is 82.5 cm³/mol. The highest BCUT2D eigenvalue weighted by Gasteiger charge is 2.16. The van der Waals surface area contributed by atoms with Crippen molar-refractivity contribution in [3.8, 4) is 22.5 Å². The Morgan fingerprint density at radius 2 is 1.62 bits per heavy atom. The van der Waals surface area contributed by atoms with Gasteiger partial charge in [-0.1, -0.05) is 48.5 Å². The van der Waals surface area contributed by atoms with E-state index < -0.39 is 5.60 Å². The third-order valence-corrected chi connectivity index (χ3v) is 3.50. The van der Waals surface area contributed by atoms with E-state index >= 15 is 0 Å². The fourth-order valence-electron chi connectivity index (χ4n) is 2.33. The number of hydrogen-bond donors (Lipinski definition) is 2. The highest BCUT2D eigenvalue weighted by molar-refractivity contribution is 5.80. The van der Waals surface area contributed by atoms with Crippen molar-refractivity contribution in [2.45, 2.75) is 19.4 Å². The molecule has 2 aromatic carbocycles. The molecule has 0 bridgehead atoms. The van der Waals surface area contributed by atoms with Gasteiger partial charge >= 0.3 is 0 Å². The lowest BCUT2D eigenvalue weighted by Crippen LogP contribution is -2.14. The summed E-state index contributed by atoms with van der Waals surface area (Å²) >= 11 is 0. The molecule has 2 N–H and O–H groups in total. The Morgan fingerprint density at radius 3 is 2.19 bits per heavy atom. The summed E-state index contributed by atoms with van der Waals surface area (Å²) in [6.45, 7) is 3.56. The molecule has 0 saturated carbocycles. The average molecular weight is 279 g/mol. The zero-order valence-corrected chi connectivity index (χ0v) is 12.0. The maximum absolute atomic E-state index is 10.0. The van der Waals surface area contributed by atoms with E-state index in [2.05, 4.69) is 21.2 Å². The molecule has 0 fully saturated rings. The first kappa shape index (κ1) is 13.5. The van der Waals surface area contributed by atoms with Crippen molar-refractivity contribution in [3.05, 3.63) is 60.4 Å². The first-order chi connectivity index (χ1) is 10.1. The summed E-state index contributed by atoms with van der Waals surface area (Å²) in [5.74, 6) is 0.747. The molecule has 4 heteroatoms. The molecular formula is C17H17N3O. The van der Waals surface area contributed by atoms with Gasteiger partial charge in [0.1, 0.15) is 6.33 Å². The zero-order chi connectivity index (χ0) is 14.9. The van der Waals surface area contributed by atoms with E-state index in [0.717, 1.165) is 28.1 Å². The van der Waals surface area contributed by atoms with Crippen molar-refractivity contribution in [1.29, 1.82) is 0 Å². The lowest BCUT2D eigenvalue weighted by atomic mass is 9.94. The molecule has 3 rings (SSSR count). The van der Waals surface area contributed by atoms with Gasteiger partial charge in [0.05, 0.1) is 5.60 Å². The Balaban J connectivity index is 2.06. The number of nitrogens with one attached hydrogen (secondary N) is 1. The lowest BCUT2D eigenvalue weighted by Gasteiger charge is -2.18. The summed E-state index contributed by atoms with van der Waals surface area (Å²) < 4.78 is 0. The molecule has 0 atom stereocenters. The van der Waals surface area contributed by atoms with Crippen LogP contribution < -0.4 is 0 Å². The van der Waals surface area contributed by atoms with E-state index in [1.807, 2.05) is 42.5 Å². The summed E-state index contributed by atoms with van der Waals surface area (Å²) in [5, 5.41) is 16.8. The number of aromatic amines is 1. The molecule has 106 valence electrons. The molecule has 3 aromatic rings. The molecule has 0 spiro atoms. The third-order valence-electron chi connectivity index (χ3n) is 3.50. The number of H-pyrrole nitrogens is 1. The van der Waals surface area contributed by atoms with Crippen molar-refractivity contribution < 1.29 is 5.11 Å². The summed E-state index contributed by atoms with van der Waals surface area (Å²) in [7, 11) is 0. The van der Waals surface area contributed by atoms with Crippen LogP contribution in [0.25, 0.3) is 22.5 Å². The number of hydrogen-bond acceptors (Lipinski definition) is 3. The Bertz CT molecular complexity index is 725. The van der Waals surface area contributed by atoms with Crippen LogP contribution in [0.4, 0.5) is 0 Å². The summed E-state index contributed by atoms with van der Waals surface area (Å²) in [4.78, 5) is 4.22. The van der Waals surface area contributed by atoms with E-state index in [-0.39, 0.29) is 0 Å². The van der Waals surface area contributed by atoms with Gasteiger partial charge in [0.15, 0.2) is 5.82 Å². The van der Waals surface area contributed by atoms with Gasteiger partial charge < -0.3 is 5.11 Å². The number of benzene rings is 2. The molecule has 4 nitrogen and oxygen atoms in total. The minimum Gasteiger partial charge on any atom is -0.386 e. The first-order valence-corrected chi connectivity index (χ1v) is 6.84. The predicted octanol–water partition coefficient (Wildman–Crippen LogP) is 3.37. The van der Waals surface area contributed by atoms with Gasteiger partial charge in [-0.05, 0) is 30.5 Å². The molecule has 1 aromatic heterocycles. The maximum atomic E-state index is 10.0. The van der Waals surface area contributed by atoms with Crippen molar-refractivity contribution >= 4 is 0 Å². The average Bonchev–Trinajstić information content (AvgIpc) is 3.01. The van der Waals surface area contributed by atoms with Gasteiger partial charge in [0, 0.05) is 5.56 Å². The SMILES string of the molecule is CC(C)(O)c1ccc(-c2ccccc2-c2ncn[nH]2)cc1. The van der Waals surface area contributed by atoms with Crippen LogP contribution in [0.1, 0.15) is 19.4 Å². The van der Waals surface area contributed by atoms with Gasteiger partial charge in [-0.3, -0.25) is 5.10 Å². The summed E-state index contributed by atoms with van der Waals surface area (Å²) in [5.41, 5.74) is 3.23. The fraction of sp³-hybridized carbons (Fsp3) is 0.176. The quantitative estimate of drug-likeness (QED) is 0.772. The molecule has 0 unspecified atom stereocenters. The smallest absolute Gasteiger partial charge is 0.156 e. The summed E-state index contributed by atoms with van der Waals surface area (Å²) in [6, 6.07) is 16.0. The van der Waals surface area contributed by atoms with Crippen LogP contribution in [0.3, 0.4) is 0 Å². The normalized spacial score (nSPS) is 11.6. The van der Waals surface area contributed by atoms with Gasteiger partial charge in [-0.2, -0.15) is 5.10 Å². The van der Waals surface area contributed by atoms with Crippen LogP contribution in [0.5, 0.6) is 0 Å². The van der Waals surface area contributed by atoms with Crippen LogP contribution in [0.2, 0.25) is 0 Å². The molecule has 21 heavy (non-hydrogen) atoms. The second kappa shape index (κ2) is 5.14. The lowest BCUT2D eigenvalue weighted by molar-refractivity contribution is 0.0786. The van der Waals surface area contributed by atoms with Crippen molar-refractivity contribution in [2.75, 3.05) is 0 Å². The van der Waals surface area contributed by atoms with Gasteiger partial charge in [0.25, 0.3) is 0 Å². The Labute approximate surface area is 123 Å². The van der Waals surface area contributed by atoms with Crippen LogP contribution in [-0.2, 0) is 5.60 Å². The zero-order valence-electron chi connectivity index (χ0n) is 12.0. The summed E-state index contributed by atoms with van der Waals surface area (Å²) in [6.07, 6.45) is 1.50. The van der Waals surface area contributed by atoms with Gasteiger partial charge in [0.2, 0.25) is 0 Å². The van der Waals surface area contributed by atoms with Crippen LogP contribution in [0.15, 0.2) is 54.9 Å². The number of rotatable bonds is 3. The minimum atomic E-state index is -0.830. The van der Waals surface area contributed by atoms with E-state index in [9.17, 15) is 5.11 Å². The monoisotopic (exact) mass is 279 g/mol. The largest absolute Gasteiger partial charge is 0.386 e. The number of nitrogens with zero attached hydrogens (tertiary/aromatic N) is 2. The van der Waals surface area contributed by atoms with E-state index in [1.165, 1.54) is 6.33 Å². The van der Waals surface area contributed by atoms with Crippen molar-refractivity contribution in [1.82, 2.24) is 15.2 Å². The molecule has 0 aliphatic rings. The van der Waals surface area contributed by atoms with Crippen molar-refractivity contribution in [2.24, 2.45) is 0 Å². The van der Waals surface area contributed by atoms with Crippen LogP contribution in [-0.4, -0.2) is 20.3 Å².